The summed E-state index contributed by atoms with van der Waals surface area (Å²) >= 11 is 8.12. The van der Waals surface area contributed by atoms with Crippen molar-refractivity contribution in [3.63, 3.8) is 0 Å². The summed E-state index contributed by atoms with van der Waals surface area (Å²) in [4.78, 5) is 32.9. The SMILES string of the molecule is Cc1nn(C)cc1-c1cccc(Cl)c1C1=CC2NC(=O)N(c3cncc(C4CC4)c3)C(=O)C2S1. The predicted molar refractivity (Wildman–Crippen MR) is 134 cm³/mol. The summed E-state index contributed by atoms with van der Waals surface area (Å²) in [7, 11) is 1.88. The van der Waals surface area contributed by atoms with Crippen LogP contribution in [0.1, 0.15) is 35.6 Å². The number of nitrogens with zero attached hydrogens (tertiary/aromatic N) is 4. The van der Waals surface area contributed by atoms with Crippen LogP contribution in [0.3, 0.4) is 0 Å². The Morgan fingerprint density at radius 3 is 2.74 bits per heavy atom. The fourth-order valence-corrected chi connectivity index (χ4v) is 6.38. The quantitative estimate of drug-likeness (QED) is 0.561. The van der Waals surface area contributed by atoms with Crippen molar-refractivity contribution in [1.82, 2.24) is 20.1 Å². The summed E-state index contributed by atoms with van der Waals surface area (Å²) in [6, 6.07) is 6.84. The number of fused-ring (bicyclic) bond motifs is 1. The fourth-order valence-electron chi connectivity index (χ4n) is 4.71. The molecule has 34 heavy (non-hydrogen) atoms. The third kappa shape index (κ3) is 3.52. The van der Waals surface area contributed by atoms with E-state index in [0.29, 0.717) is 16.6 Å². The van der Waals surface area contributed by atoms with Gasteiger partial charge in [0.05, 0.1) is 23.6 Å². The zero-order valence-corrected chi connectivity index (χ0v) is 20.2. The molecule has 3 aliphatic rings. The lowest BCUT2D eigenvalue weighted by Gasteiger charge is -2.33. The zero-order valence-electron chi connectivity index (χ0n) is 18.7. The maximum Gasteiger partial charge on any atom is 0.329 e. The van der Waals surface area contributed by atoms with Crippen LogP contribution in [0.4, 0.5) is 10.5 Å². The highest BCUT2D eigenvalue weighted by Gasteiger charge is 2.46. The molecule has 2 atom stereocenters. The average molecular weight is 492 g/mol. The predicted octanol–water partition coefficient (Wildman–Crippen LogP) is 4.90. The van der Waals surface area contributed by atoms with Crippen molar-refractivity contribution in [2.24, 2.45) is 7.05 Å². The summed E-state index contributed by atoms with van der Waals surface area (Å²) < 4.78 is 1.77. The minimum absolute atomic E-state index is 0.245. The molecule has 4 heterocycles. The Balaban J connectivity index is 1.34. The number of hydrogen-bond donors (Lipinski definition) is 1. The summed E-state index contributed by atoms with van der Waals surface area (Å²) in [5.74, 6) is 0.234. The molecule has 0 bridgehead atoms. The maximum absolute atomic E-state index is 13.5. The molecule has 0 radical (unpaired) electrons. The van der Waals surface area contributed by atoms with Gasteiger partial charge >= 0.3 is 6.03 Å². The van der Waals surface area contributed by atoms with Gasteiger partial charge in [-0.15, -0.1) is 11.8 Å². The number of carbonyl (C=O) groups excluding carboxylic acids is 2. The third-order valence-corrected chi connectivity index (χ3v) is 8.14. The van der Waals surface area contributed by atoms with Crippen LogP contribution in [0.5, 0.6) is 0 Å². The van der Waals surface area contributed by atoms with Gasteiger partial charge in [0.25, 0.3) is 5.91 Å². The van der Waals surface area contributed by atoms with Gasteiger partial charge in [0.15, 0.2) is 0 Å². The second-order valence-electron chi connectivity index (χ2n) is 8.93. The maximum atomic E-state index is 13.5. The smallest absolute Gasteiger partial charge is 0.329 e. The van der Waals surface area contributed by atoms with Crippen molar-refractivity contribution in [1.29, 1.82) is 0 Å². The lowest BCUT2D eigenvalue weighted by Crippen LogP contribution is -2.60. The molecule has 7 nitrogen and oxygen atoms in total. The standard InChI is InChI=1S/C25H22ClN5O2S/c1-13-18(12-30(2)29-13)17-4-3-5-19(26)22(17)21-9-20-23(34-21)24(32)31(25(33)28-20)16-8-15(10-27-11-16)14-6-7-14/h3-5,8-12,14,20,23H,6-7H2,1-2H3,(H,28,33). The van der Waals surface area contributed by atoms with Gasteiger partial charge in [-0.2, -0.15) is 5.10 Å². The fraction of sp³-hybridized carbons (Fsp3) is 0.280. The second-order valence-corrected chi connectivity index (χ2v) is 10.5. The Morgan fingerprint density at radius 2 is 2.00 bits per heavy atom. The molecule has 0 spiro atoms. The van der Waals surface area contributed by atoms with Crippen LogP contribution in [-0.4, -0.2) is 38.0 Å². The van der Waals surface area contributed by atoms with Crippen molar-refractivity contribution in [3.8, 4) is 11.1 Å². The first-order chi connectivity index (χ1) is 16.4. The monoisotopic (exact) mass is 491 g/mol. The van der Waals surface area contributed by atoms with E-state index in [9.17, 15) is 9.59 Å². The van der Waals surface area contributed by atoms with Crippen LogP contribution in [0.15, 0.2) is 48.9 Å². The number of urea groups is 1. The number of thioether (sulfide) groups is 1. The van der Waals surface area contributed by atoms with Gasteiger partial charge in [-0.3, -0.25) is 14.5 Å². The number of anilines is 1. The third-order valence-electron chi connectivity index (χ3n) is 6.48. The molecular weight excluding hydrogens is 470 g/mol. The topological polar surface area (TPSA) is 80.1 Å². The number of halogens is 1. The Morgan fingerprint density at radius 1 is 1.18 bits per heavy atom. The highest BCUT2D eigenvalue weighted by molar-refractivity contribution is 8.09. The van der Waals surface area contributed by atoms with E-state index < -0.39 is 17.3 Å². The van der Waals surface area contributed by atoms with Crippen molar-refractivity contribution in [2.45, 2.75) is 37.0 Å². The van der Waals surface area contributed by atoms with Crippen LogP contribution in [0, 0.1) is 6.92 Å². The van der Waals surface area contributed by atoms with Gasteiger partial charge < -0.3 is 5.32 Å². The number of benzene rings is 1. The van der Waals surface area contributed by atoms with Crippen LogP contribution in [-0.2, 0) is 11.8 Å². The van der Waals surface area contributed by atoms with Crippen molar-refractivity contribution in [3.05, 3.63) is 70.8 Å². The van der Waals surface area contributed by atoms with Crippen molar-refractivity contribution < 1.29 is 9.59 Å². The number of aromatic nitrogens is 3. The number of amides is 3. The van der Waals surface area contributed by atoms with Gasteiger partial charge in [-0.05, 0) is 55.0 Å². The summed E-state index contributed by atoms with van der Waals surface area (Å²) in [5.41, 5.74) is 5.27. The van der Waals surface area contributed by atoms with E-state index in [0.717, 1.165) is 45.7 Å². The van der Waals surface area contributed by atoms with E-state index in [1.165, 1.54) is 16.7 Å². The molecular formula is C25H22ClN5O2S. The Labute approximate surface area is 206 Å². The van der Waals surface area contributed by atoms with Gasteiger partial charge in [0.1, 0.15) is 5.25 Å². The number of nitrogens with one attached hydrogen (secondary N) is 1. The molecule has 1 N–H and O–H groups in total. The van der Waals surface area contributed by atoms with Gasteiger partial charge in [0.2, 0.25) is 0 Å². The van der Waals surface area contributed by atoms with E-state index in [4.69, 9.17) is 11.6 Å². The lowest BCUT2D eigenvalue weighted by atomic mass is 9.98. The summed E-state index contributed by atoms with van der Waals surface area (Å²) in [6.45, 7) is 1.96. The molecule has 9 heteroatoms. The van der Waals surface area contributed by atoms with E-state index in [-0.39, 0.29) is 5.91 Å². The zero-order chi connectivity index (χ0) is 23.6. The number of carbonyl (C=O) groups is 2. The molecule has 1 saturated carbocycles. The Kier molecular flexibility index (Phi) is 5.04. The minimum atomic E-state index is -0.476. The number of hydrogen-bond acceptors (Lipinski definition) is 5. The number of rotatable bonds is 4. The molecule has 2 aromatic heterocycles. The highest BCUT2D eigenvalue weighted by Crippen LogP contribution is 2.48. The highest BCUT2D eigenvalue weighted by atomic mass is 35.5. The molecule has 1 saturated heterocycles. The lowest BCUT2D eigenvalue weighted by molar-refractivity contribution is -0.118. The van der Waals surface area contributed by atoms with Gasteiger partial charge in [-0.1, -0.05) is 23.7 Å². The Bertz CT molecular complexity index is 1380. The Hall–Kier alpha value is -3.10. The summed E-state index contributed by atoms with van der Waals surface area (Å²) in [6.07, 6.45) is 9.55. The molecule has 172 valence electrons. The second kappa shape index (κ2) is 7.99. The molecule has 2 aliphatic heterocycles. The van der Waals surface area contributed by atoms with Crippen LogP contribution >= 0.6 is 23.4 Å². The summed E-state index contributed by atoms with van der Waals surface area (Å²) in [5, 5.41) is 7.58. The van der Waals surface area contributed by atoms with Crippen molar-refractivity contribution >= 4 is 45.9 Å². The molecule has 1 aliphatic carbocycles. The normalized spacial score (nSPS) is 22.0. The number of pyridine rings is 1. The molecule has 2 fully saturated rings. The molecule has 3 amide bonds. The first-order valence-corrected chi connectivity index (χ1v) is 12.4. The average Bonchev–Trinajstić information content (AvgIpc) is 3.49. The van der Waals surface area contributed by atoms with Crippen molar-refractivity contribution in [2.75, 3.05) is 4.90 Å². The molecule has 3 aromatic rings. The van der Waals surface area contributed by atoms with Crippen LogP contribution in [0.25, 0.3) is 16.0 Å². The first kappa shape index (κ1) is 21.4. The van der Waals surface area contributed by atoms with E-state index in [1.807, 2.05) is 56.7 Å². The largest absolute Gasteiger partial charge is 0.329 e. The first-order valence-electron chi connectivity index (χ1n) is 11.2. The van der Waals surface area contributed by atoms with Crippen LogP contribution in [0.2, 0.25) is 5.02 Å². The molecule has 1 aromatic carbocycles. The van der Waals surface area contributed by atoms with Crippen LogP contribution < -0.4 is 10.2 Å². The number of imide groups is 1. The molecule has 2 unspecified atom stereocenters. The molecule has 6 rings (SSSR count). The minimum Gasteiger partial charge on any atom is -0.329 e. The van der Waals surface area contributed by atoms with Gasteiger partial charge in [-0.25, -0.2) is 9.69 Å². The van der Waals surface area contributed by atoms with Gasteiger partial charge in [0, 0.05) is 40.5 Å². The van der Waals surface area contributed by atoms with E-state index in [1.54, 1.807) is 10.9 Å². The van der Waals surface area contributed by atoms with E-state index >= 15 is 0 Å². The van der Waals surface area contributed by atoms with E-state index in [2.05, 4.69) is 15.4 Å². The number of aryl methyl sites for hydroxylation is 2.